The second-order valence-electron chi connectivity index (χ2n) is 12.7. The zero-order valence-electron chi connectivity index (χ0n) is 29.3. The largest absolute Gasteiger partial charge is 0.300 e. The van der Waals surface area contributed by atoms with Crippen LogP contribution in [0.5, 0.6) is 0 Å². The molecular weight excluding hydrogens is 860 g/mol. The lowest BCUT2D eigenvalue weighted by molar-refractivity contribution is 0.379. The highest BCUT2D eigenvalue weighted by molar-refractivity contribution is 5.87. The maximum Gasteiger partial charge on any atom is 0.200 e. The average Bonchev–Trinajstić information content (AvgIpc) is 3.27. The van der Waals surface area contributed by atoms with Crippen molar-refractivity contribution in [2.45, 2.75) is 0 Å². The van der Waals surface area contributed by atoms with Crippen LogP contribution in [0.2, 0.25) is 0 Å². The Morgan fingerprint density at radius 2 is 0.459 bits per heavy atom. The molecule has 0 aliphatic heterocycles. The summed E-state index contributed by atoms with van der Waals surface area (Å²) in [6.45, 7) is 0. The molecule has 0 bridgehead atoms. The van der Waals surface area contributed by atoms with Crippen LogP contribution in [0, 0.1) is 105 Å². The molecule has 0 spiro atoms. The normalized spacial score (nSPS) is 11.4. The molecule has 0 saturated carbocycles. The van der Waals surface area contributed by atoms with Gasteiger partial charge in [0, 0.05) is 5.69 Å². The highest BCUT2D eigenvalue weighted by Gasteiger charge is 2.41. The third kappa shape index (κ3) is 6.58. The van der Waals surface area contributed by atoms with E-state index in [2.05, 4.69) is 0 Å². The first-order chi connectivity index (χ1) is 28.8. The summed E-state index contributed by atoms with van der Waals surface area (Å²) in [5, 5.41) is 0. The lowest BCUT2D eigenvalue weighted by atomic mass is 9.96. The van der Waals surface area contributed by atoms with Gasteiger partial charge in [0.05, 0.1) is 22.3 Å². The van der Waals surface area contributed by atoms with Crippen molar-refractivity contribution in [1.82, 2.24) is 0 Å². The number of halogens is 18. The first kappa shape index (κ1) is 42.2. The molecule has 1 nitrogen and oxygen atoms in total. The van der Waals surface area contributed by atoms with Crippen molar-refractivity contribution in [2.75, 3.05) is 4.90 Å². The Hall–Kier alpha value is -6.92. The van der Waals surface area contributed by atoms with Crippen molar-refractivity contribution in [3.05, 3.63) is 184 Å². The standard InChI is InChI=1S/C42H13F18N/c43-23-19(24(44)32(52)35(55)31(23)51)21-27(47)37(57)41(38(58)28(21)48)61(18-12-16(14-7-3-1-4-8-14)11-17(13-18)15-9-5-2-6-10-15)42-39(59)29(49)22(30(50)40(42)60)20-25(45)33(53)36(56)34(54)26(20)46/h1-13H. The van der Waals surface area contributed by atoms with Crippen LogP contribution < -0.4 is 4.90 Å². The van der Waals surface area contributed by atoms with Gasteiger partial charge in [0.2, 0.25) is 11.6 Å². The van der Waals surface area contributed by atoms with E-state index >= 15 is 35.1 Å². The van der Waals surface area contributed by atoms with Gasteiger partial charge in [-0.25, -0.2) is 79.0 Å². The molecule has 0 aromatic heterocycles. The van der Waals surface area contributed by atoms with Gasteiger partial charge in [0.25, 0.3) is 0 Å². The Kier molecular flexibility index (Phi) is 10.8. The Morgan fingerprint density at radius 1 is 0.230 bits per heavy atom. The molecule has 0 atom stereocenters. The zero-order chi connectivity index (χ0) is 44.5. The van der Waals surface area contributed by atoms with Crippen molar-refractivity contribution >= 4 is 17.1 Å². The minimum Gasteiger partial charge on any atom is -0.300 e. The first-order valence-electron chi connectivity index (χ1n) is 16.6. The fourth-order valence-electron chi connectivity index (χ4n) is 6.43. The average molecular weight is 874 g/mol. The van der Waals surface area contributed by atoms with Crippen LogP contribution in [-0.2, 0) is 0 Å². The van der Waals surface area contributed by atoms with Gasteiger partial charge in [-0.2, -0.15) is 0 Å². The molecule has 0 N–H and O–H groups in total. The zero-order valence-corrected chi connectivity index (χ0v) is 29.3. The summed E-state index contributed by atoms with van der Waals surface area (Å²) < 4.78 is 273. The van der Waals surface area contributed by atoms with E-state index in [0.29, 0.717) is 0 Å². The Bertz CT molecular complexity index is 2640. The predicted octanol–water partition coefficient (Wildman–Crippen LogP) is 14.3. The van der Waals surface area contributed by atoms with E-state index in [1.54, 1.807) is 0 Å². The summed E-state index contributed by atoms with van der Waals surface area (Å²) in [5.74, 6) is -53.3. The lowest BCUT2D eigenvalue weighted by Crippen LogP contribution is -2.21. The Balaban J connectivity index is 1.64. The third-order valence-corrected chi connectivity index (χ3v) is 9.24. The van der Waals surface area contributed by atoms with Crippen molar-refractivity contribution in [3.8, 4) is 44.5 Å². The van der Waals surface area contributed by atoms with Crippen LogP contribution in [0.4, 0.5) is 96.1 Å². The van der Waals surface area contributed by atoms with E-state index in [-0.39, 0.29) is 22.3 Å². The van der Waals surface area contributed by atoms with E-state index in [1.807, 2.05) is 0 Å². The van der Waals surface area contributed by atoms with E-state index < -0.39 is 149 Å². The highest BCUT2D eigenvalue weighted by atomic mass is 19.2. The quantitative estimate of drug-likeness (QED) is 0.0876. The smallest absolute Gasteiger partial charge is 0.200 e. The summed E-state index contributed by atoms with van der Waals surface area (Å²) in [6, 6.07) is 17.1. The second kappa shape index (κ2) is 15.6. The number of hydrogen-bond donors (Lipinski definition) is 0. The SMILES string of the molecule is Fc1c(F)c(F)c(-c2c(F)c(F)c(N(c3cc(-c4ccccc4)cc(-c4ccccc4)c3)c3c(F)c(F)c(-c4c(F)c(F)c(F)c(F)c4F)c(F)c3F)c(F)c2F)c(F)c1F. The molecule has 61 heavy (non-hydrogen) atoms. The van der Waals surface area contributed by atoms with Gasteiger partial charge >= 0.3 is 0 Å². The summed E-state index contributed by atoms with van der Waals surface area (Å²) in [5.41, 5.74) is -16.3. The van der Waals surface area contributed by atoms with Crippen molar-refractivity contribution in [3.63, 3.8) is 0 Å². The van der Waals surface area contributed by atoms with Crippen molar-refractivity contribution in [1.29, 1.82) is 0 Å². The van der Waals surface area contributed by atoms with Crippen LogP contribution in [0.25, 0.3) is 44.5 Å². The molecule has 0 radical (unpaired) electrons. The summed E-state index contributed by atoms with van der Waals surface area (Å²) in [6.07, 6.45) is 0. The number of hydrogen-bond acceptors (Lipinski definition) is 1. The summed E-state index contributed by atoms with van der Waals surface area (Å²) in [7, 11) is 0. The molecule has 0 fully saturated rings. The molecule has 0 aliphatic carbocycles. The van der Waals surface area contributed by atoms with Crippen molar-refractivity contribution in [2.24, 2.45) is 0 Å². The maximum absolute atomic E-state index is 16.5. The predicted molar refractivity (Wildman–Crippen MR) is 182 cm³/mol. The molecular formula is C42H13F18N. The maximum atomic E-state index is 16.5. The molecule has 7 aromatic carbocycles. The van der Waals surface area contributed by atoms with E-state index in [4.69, 9.17) is 0 Å². The van der Waals surface area contributed by atoms with Gasteiger partial charge in [-0.05, 0) is 40.5 Å². The molecule has 0 heterocycles. The molecule has 0 aliphatic rings. The van der Waals surface area contributed by atoms with Gasteiger partial charge < -0.3 is 0 Å². The van der Waals surface area contributed by atoms with Gasteiger partial charge in [-0.3, -0.25) is 4.90 Å². The van der Waals surface area contributed by atoms with Gasteiger partial charge in [-0.15, -0.1) is 0 Å². The van der Waals surface area contributed by atoms with Crippen LogP contribution in [-0.4, -0.2) is 0 Å². The number of nitrogens with zero attached hydrogens (tertiary/aromatic N) is 1. The first-order valence-corrected chi connectivity index (χ1v) is 16.6. The van der Waals surface area contributed by atoms with Gasteiger partial charge in [-0.1, -0.05) is 60.7 Å². The number of anilines is 3. The molecule has 7 rings (SSSR count). The van der Waals surface area contributed by atoms with E-state index in [0.717, 1.165) is 12.1 Å². The highest BCUT2D eigenvalue weighted by Crippen LogP contribution is 2.49. The fraction of sp³-hybridized carbons (Fsp3) is 0. The lowest BCUT2D eigenvalue weighted by Gasteiger charge is -2.29. The Morgan fingerprint density at radius 3 is 0.721 bits per heavy atom. The number of benzene rings is 7. The minimum absolute atomic E-state index is 0.0958. The van der Waals surface area contributed by atoms with Crippen LogP contribution in [0.15, 0.2) is 78.9 Å². The molecule has 312 valence electrons. The molecule has 0 saturated heterocycles. The van der Waals surface area contributed by atoms with E-state index in [1.165, 1.54) is 66.7 Å². The molecule has 7 aromatic rings. The molecule has 19 heteroatoms. The van der Waals surface area contributed by atoms with Crippen LogP contribution in [0.1, 0.15) is 0 Å². The Labute approximate surface area is 329 Å². The van der Waals surface area contributed by atoms with Gasteiger partial charge in [0.15, 0.2) is 93.1 Å². The fourth-order valence-corrected chi connectivity index (χ4v) is 6.43. The monoisotopic (exact) mass is 873 g/mol. The molecule has 0 amide bonds. The summed E-state index contributed by atoms with van der Waals surface area (Å²) in [4.78, 5) is -0.600. The third-order valence-electron chi connectivity index (χ3n) is 9.24. The van der Waals surface area contributed by atoms with Crippen molar-refractivity contribution < 1.29 is 79.0 Å². The van der Waals surface area contributed by atoms with E-state index in [9.17, 15) is 43.9 Å². The van der Waals surface area contributed by atoms with Gasteiger partial charge in [0.1, 0.15) is 11.4 Å². The second-order valence-corrected chi connectivity index (χ2v) is 12.7. The van der Waals surface area contributed by atoms with Crippen LogP contribution in [0.3, 0.4) is 0 Å². The minimum atomic E-state index is -3.02. The number of rotatable bonds is 7. The van der Waals surface area contributed by atoms with Crippen LogP contribution >= 0.6 is 0 Å². The molecule has 0 unspecified atom stereocenters. The summed E-state index contributed by atoms with van der Waals surface area (Å²) >= 11 is 0. The topological polar surface area (TPSA) is 3.24 Å².